The van der Waals surface area contributed by atoms with Gasteiger partial charge in [-0.15, -0.1) is 0 Å². The number of hydrogen-bond donors (Lipinski definition) is 1. The molecule has 21 heavy (non-hydrogen) atoms. The van der Waals surface area contributed by atoms with E-state index in [1.165, 1.54) is 38.5 Å². The van der Waals surface area contributed by atoms with Gasteiger partial charge in [0.1, 0.15) is 6.10 Å². The Hall–Kier alpha value is -0.120. The minimum atomic E-state index is -0.515. The third-order valence-electron chi connectivity index (χ3n) is 3.76. The fraction of sp³-hybridized carbons (Fsp3) is 0.944. The molecule has 0 heterocycles. The molecule has 0 fully saturated rings. The van der Waals surface area contributed by atoms with Crippen LogP contribution >= 0.6 is 0 Å². The maximum absolute atomic E-state index is 9.92. The summed E-state index contributed by atoms with van der Waals surface area (Å²) in [4.78, 5) is 0. The molecule has 0 amide bonds. The van der Waals surface area contributed by atoms with Crippen molar-refractivity contribution < 1.29 is 14.6 Å². The third kappa shape index (κ3) is 11.1. The summed E-state index contributed by atoms with van der Waals surface area (Å²) in [5.74, 6) is 0. The van der Waals surface area contributed by atoms with Crippen LogP contribution in [0.25, 0.3) is 0 Å². The Morgan fingerprint density at radius 1 is 0.857 bits per heavy atom. The van der Waals surface area contributed by atoms with Crippen LogP contribution in [0.2, 0.25) is 0 Å². The molecule has 0 bridgehead atoms. The molecule has 0 aromatic rings. The normalized spacial score (nSPS) is 15.9. The summed E-state index contributed by atoms with van der Waals surface area (Å²) in [6, 6.07) is 0. The summed E-state index contributed by atoms with van der Waals surface area (Å²) in [5, 5.41) is 9.92. The molecule has 1 N–H and O–H groups in total. The van der Waals surface area contributed by atoms with Crippen LogP contribution in [-0.4, -0.2) is 36.6 Å². The summed E-state index contributed by atoms with van der Waals surface area (Å²) in [7, 11) is 0. The number of unbranched alkanes of at least 4 members (excludes halogenated alkanes) is 6. The van der Waals surface area contributed by atoms with Crippen LogP contribution < -0.4 is 0 Å². The van der Waals surface area contributed by atoms with E-state index in [2.05, 4.69) is 20.8 Å². The Bertz CT molecular complexity index is 207. The molecule has 3 nitrogen and oxygen atoms in total. The topological polar surface area (TPSA) is 38.7 Å². The second kappa shape index (κ2) is 14.8. The van der Waals surface area contributed by atoms with Crippen molar-refractivity contribution in [3.63, 3.8) is 0 Å². The minimum absolute atomic E-state index is 0.0993. The molecular formula is C18H37O3. The van der Waals surface area contributed by atoms with Crippen LogP contribution in [-0.2, 0) is 9.47 Å². The number of aliphatic hydroxyl groups excluding tert-OH is 1. The van der Waals surface area contributed by atoms with Crippen LogP contribution in [0.1, 0.15) is 78.6 Å². The van der Waals surface area contributed by atoms with Crippen molar-refractivity contribution in [2.75, 3.05) is 13.2 Å². The van der Waals surface area contributed by atoms with Gasteiger partial charge in [0.25, 0.3) is 0 Å². The number of ether oxygens (including phenoxy) is 2. The van der Waals surface area contributed by atoms with E-state index in [0.29, 0.717) is 13.0 Å². The average Bonchev–Trinajstić information content (AvgIpc) is 2.47. The van der Waals surface area contributed by atoms with Crippen LogP contribution in [0.3, 0.4) is 0 Å². The second-order valence-corrected chi connectivity index (χ2v) is 5.90. The van der Waals surface area contributed by atoms with Gasteiger partial charge in [0.05, 0.1) is 12.2 Å². The maximum Gasteiger partial charge on any atom is 0.109 e. The summed E-state index contributed by atoms with van der Waals surface area (Å²) in [6.45, 7) is 11.6. The zero-order valence-electron chi connectivity index (χ0n) is 14.5. The monoisotopic (exact) mass is 301 g/mol. The first kappa shape index (κ1) is 20.9. The van der Waals surface area contributed by atoms with E-state index in [1.807, 2.05) is 0 Å². The lowest BCUT2D eigenvalue weighted by Crippen LogP contribution is -2.40. The summed E-state index contributed by atoms with van der Waals surface area (Å²) in [5.41, 5.74) is 0. The van der Waals surface area contributed by atoms with Gasteiger partial charge < -0.3 is 14.6 Å². The van der Waals surface area contributed by atoms with Gasteiger partial charge in [0, 0.05) is 13.2 Å². The van der Waals surface area contributed by atoms with Crippen LogP contribution in [0.15, 0.2) is 0 Å². The molecule has 3 atom stereocenters. The molecular weight excluding hydrogens is 264 g/mol. The van der Waals surface area contributed by atoms with Gasteiger partial charge >= 0.3 is 0 Å². The zero-order chi connectivity index (χ0) is 15.9. The molecule has 0 aromatic carbocycles. The summed E-state index contributed by atoms with van der Waals surface area (Å²) in [6.07, 6.45) is 9.25. The van der Waals surface area contributed by atoms with E-state index in [9.17, 15) is 5.11 Å². The number of hydrogen-bond acceptors (Lipinski definition) is 3. The maximum atomic E-state index is 9.92. The molecule has 0 rings (SSSR count). The van der Waals surface area contributed by atoms with Crippen molar-refractivity contribution >= 4 is 0 Å². The van der Waals surface area contributed by atoms with Crippen molar-refractivity contribution in [1.82, 2.24) is 0 Å². The van der Waals surface area contributed by atoms with Crippen molar-refractivity contribution in [3.8, 4) is 0 Å². The fourth-order valence-electron chi connectivity index (χ4n) is 2.41. The third-order valence-corrected chi connectivity index (χ3v) is 3.76. The van der Waals surface area contributed by atoms with Gasteiger partial charge in [-0.05, 0) is 26.2 Å². The first-order chi connectivity index (χ1) is 10.2. The molecule has 0 aliphatic heterocycles. The molecule has 0 saturated heterocycles. The minimum Gasteiger partial charge on any atom is -0.391 e. The molecule has 0 aromatic heterocycles. The van der Waals surface area contributed by atoms with E-state index in [4.69, 9.17) is 9.47 Å². The quantitative estimate of drug-likeness (QED) is 0.452. The lowest BCUT2D eigenvalue weighted by molar-refractivity contribution is -0.117. The Morgan fingerprint density at radius 2 is 1.38 bits per heavy atom. The van der Waals surface area contributed by atoms with Crippen LogP contribution in [0, 0.1) is 6.92 Å². The van der Waals surface area contributed by atoms with Crippen molar-refractivity contribution in [2.24, 2.45) is 0 Å². The molecule has 3 unspecified atom stereocenters. The van der Waals surface area contributed by atoms with Gasteiger partial charge in [-0.3, -0.25) is 0 Å². The predicted octanol–water partition coefficient (Wildman–Crippen LogP) is 4.52. The number of aliphatic hydroxyl groups is 1. The molecule has 127 valence electrons. The highest BCUT2D eigenvalue weighted by Crippen LogP contribution is 2.15. The Labute approximate surface area is 132 Å². The molecule has 0 saturated carbocycles. The lowest BCUT2D eigenvalue weighted by atomic mass is 10.1. The van der Waals surface area contributed by atoms with Crippen molar-refractivity contribution in [1.29, 1.82) is 0 Å². The second-order valence-electron chi connectivity index (χ2n) is 5.90. The standard InChI is InChI=1S/C18H37O3/c1-5-8-10-12-14-20-17(7-3)18(16(4)19)21-15-13-11-9-6-2/h16-19H,3,5-15H2,1-2,4H3. The first-order valence-corrected chi connectivity index (χ1v) is 8.87. The lowest BCUT2D eigenvalue weighted by Gasteiger charge is -2.29. The van der Waals surface area contributed by atoms with Crippen LogP contribution in [0.4, 0.5) is 0 Å². The first-order valence-electron chi connectivity index (χ1n) is 8.87. The van der Waals surface area contributed by atoms with Crippen molar-refractivity contribution in [2.45, 2.75) is 96.9 Å². The van der Waals surface area contributed by atoms with Crippen LogP contribution in [0.5, 0.6) is 0 Å². The zero-order valence-corrected chi connectivity index (χ0v) is 14.5. The SMILES string of the molecule is [CH2]CC(OCCCCCC)C(OCCCCCC)C(C)O. The van der Waals surface area contributed by atoms with E-state index >= 15 is 0 Å². The number of rotatable bonds is 15. The highest BCUT2D eigenvalue weighted by molar-refractivity contribution is 4.77. The van der Waals surface area contributed by atoms with Gasteiger partial charge in [0.15, 0.2) is 0 Å². The van der Waals surface area contributed by atoms with E-state index in [1.54, 1.807) is 6.92 Å². The summed E-state index contributed by atoms with van der Waals surface area (Å²) >= 11 is 0. The fourth-order valence-corrected chi connectivity index (χ4v) is 2.41. The van der Waals surface area contributed by atoms with Crippen molar-refractivity contribution in [3.05, 3.63) is 6.92 Å². The van der Waals surface area contributed by atoms with Gasteiger partial charge in [-0.2, -0.15) is 0 Å². The van der Waals surface area contributed by atoms with Gasteiger partial charge in [0.2, 0.25) is 0 Å². The van der Waals surface area contributed by atoms with Gasteiger partial charge in [-0.25, -0.2) is 0 Å². The molecule has 0 aliphatic rings. The molecule has 0 spiro atoms. The highest BCUT2D eigenvalue weighted by Gasteiger charge is 2.25. The Morgan fingerprint density at radius 3 is 1.81 bits per heavy atom. The molecule has 0 aliphatic carbocycles. The van der Waals surface area contributed by atoms with E-state index < -0.39 is 6.10 Å². The van der Waals surface area contributed by atoms with E-state index in [-0.39, 0.29) is 12.2 Å². The summed E-state index contributed by atoms with van der Waals surface area (Å²) < 4.78 is 11.8. The average molecular weight is 301 g/mol. The molecule has 1 radical (unpaired) electrons. The van der Waals surface area contributed by atoms with E-state index in [0.717, 1.165) is 19.4 Å². The smallest absolute Gasteiger partial charge is 0.109 e. The predicted molar refractivity (Wildman–Crippen MR) is 89.4 cm³/mol. The highest BCUT2D eigenvalue weighted by atomic mass is 16.5. The molecule has 3 heteroatoms. The largest absolute Gasteiger partial charge is 0.391 e. The van der Waals surface area contributed by atoms with Gasteiger partial charge in [-0.1, -0.05) is 59.3 Å². The Balaban J connectivity index is 4.00. The Kier molecular flexibility index (Phi) is 14.7.